The fraction of sp³-hybridized carbons (Fsp3) is 0.0870. The normalized spacial score (nSPS) is 11.5. The van der Waals surface area contributed by atoms with E-state index in [-0.39, 0.29) is 17.3 Å². The number of hydrogen-bond acceptors (Lipinski definition) is 6. The lowest BCUT2D eigenvalue weighted by molar-refractivity contribution is -0.141. The Morgan fingerprint density at radius 1 is 1.05 bits per heavy atom. The molecule has 10 nitrogen and oxygen atoms in total. The maximum atomic E-state index is 14.9. The van der Waals surface area contributed by atoms with E-state index in [1.54, 1.807) is 30.5 Å². The molecule has 3 N–H and O–H groups in total. The summed E-state index contributed by atoms with van der Waals surface area (Å²) in [6, 6.07) is 10.4. The number of carbonyl (C=O) groups excluding carboxylic acids is 1. The van der Waals surface area contributed by atoms with E-state index in [4.69, 9.17) is 4.74 Å². The van der Waals surface area contributed by atoms with Crippen LogP contribution in [0.5, 0.6) is 11.5 Å². The number of anilines is 2. The Hall–Kier alpha value is -5.01. The van der Waals surface area contributed by atoms with Gasteiger partial charge in [-0.2, -0.15) is 23.4 Å². The summed E-state index contributed by atoms with van der Waals surface area (Å²) in [5.74, 6) is -0.794. The highest BCUT2D eigenvalue weighted by Crippen LogP contribution is 2.36. The number of aromatic nitrogens is 6. The number of para-hydroxylation sites is 1. The van der Waals surface area contributed by atoms with Crippen molar-refractivity contribution in [2.45, 2.75) is 6.18 Å². The number of alkyl halides is 3. The van der Waals surface area contributed by atoms with E-state index in [9.17, 15) is 22.4 Å². The summed E-state index contributed by atoms with van der Waals surface area (Å²) in [6.45, 7) is 0. The summed E-state index contributed by atoms with van der Waals surface area (Å²) in [5, 5.41) is 15.3. The minimum Gasteiger partial charge on any atom is -0.454 e. The number of aryl methyl sites for hydroxylation is 1. The third kappa shape index (κ3) is 4.89. The summed E-state index contributed by atoms with van der Waals surface area (Å²) >= 11 is 0. The number of fused-ring (bicyclic) bond motifs is 1. The van der Waals surface area contributed by atoms with E-state index < -0.39 is 23.7 Å². The third-order valence-corrected chi connectivity index (χ3v) is 5.21. The van der Waals surface area contributed by atoms with Gasteiger partial charge in [0.25, 0.3) is 0 Å². The van der Waals surface area contributed by atoms with Crippen LogP contribution in [0.4, 0.5) is 33.9 Å². The van der Waals surface area contributed by atoms with Crippen LogP contribution in [0.15, 0.2) is 61.1 Å². The van der Waals surface area contributed by atoms with Crippen molar-refractivity contribution < 1.29 is 27.1 Å². The van der Waals surface area contributed by atoms with E-state index in [1.807, 2.05) is 0 Å². The number of urea groups is 1. The molecule has 0 aliphatic heterocycles. The molecule has 0 saturated heterocycles. The van der Waals surface area contributed by atoms with Crippen molar-refractivity contribution in [3.8, 4) is 22.8 Å². The minimum atomic E-state index is -4.66. The SMILES string of the molecule is Cn1nc(C(F)(F)F)cc1NC(=O)Nc1ccc(Oc2ccccc2-c2ncnc3[nH]ncc23)c(F)c1. The molecule has 0 aliphatic carbocycles. The molecule has 3 heterocycles. The van der Waals surface area contributed by atoms with Gasteiger partial charge in [0.05, 0.1) is 17.3 Å². The van der Waals surface area contributed by atoms with Gasteiger partial charge in [0.1, 0.15) is 17.9 Å². The van der Waals surface area contributed by atoms with Crippen LogP contribution in [0, 0.1) is 5.82 Å². The molecular weight excluding hydrogens is 496 g/mol. The number of halogens is 4. The average Bonchev–Trinajstić information content (AvgIpc) is 3.48. The molecule has 0 unspecified atom stereocenters. The van der Waals surface area contributed by atoms with Crippen molar-refractivity contribution in [3.05, 3.63) is 72.6 Å². The monoisotopic (exact) mass is 512 g/mol. The molecule has 0 fully saturated rings. The Kier molecular flexibility index (Phi) is 5.91. The zero-order valence-electron chi connectivity index (χ0n) is 18.8. The second-order valence-electron chi connectivity index (χ2n) is 7.71. The van der Waals surface area contributed by atoms with Gasteiger partial charge in [-0.05, 0) is 24.3 Å². The Morgan fingerprint density at radius 3 is 2.62 bits per heavy atom. The lowest BCUT2D eigenvalue weighted by Gasteiger charge is -2.13. The molecule has 0 aliphatic rings. The molecule has 2 aromatic carbocycles. The number of hydrogen-bond donors (Lipinski definition) is 3. The zero-order chi connectivity index (χ0) is 26.2. The van der Waals surface area contributed by atoms with Gasteiger partial charge in [0.2, 0.25) is 0 Å². The van der Waals surface area contributed by atoms with Crippen LogP contribution < -0.4 is 15.4 Å². The number of H-pyrrole nitrogens is 1. The van der Waals surface area contributed by atoms with Gasteiger partial charge in [0, 0.05) is 30.4 Å². The van der Waals surface area contributed by atoms with Crippen molar-refractivity contribution in [2.75, 3.05) is 10.6 Å². The van der Waals surface area contributed by atoms with E-state index in [0.717, 1.165) is 10.7 Å². The van der Waals surface area contributed by atoms with Gasteiger partial charge in [-0.3, -0.25) is 15.1 Å². The van der Waals surface area contributed by atoms with Crippen LogP contribution >= 0.6 is 0 Å². The lowest BCUT2D eigenvalue weighted by atomic mass is 10.1. The molecule has 188 valence electrons. The van der Waals surface area contributed by atoms with Crippen LogP contribution in [-0.2, 0) is 13.2 Å². The number of benzene rings is 2. The molecule has 5 rings (SSSR count). The quantitative estimate of drug-likeness (QED) is 0.273. The maximum Gasteiger partial charge on any atom is 0.435 e. The highest BCUT2D eigenvalue weighted by atomic mass is 19.4. The lowest BCUT2D eigenvalue weighted by Crippen LogP contribution is -2.21. The van der Waals surface area contributed by atoms with Crippen LogP contribution in [0.25, 0.3) is 22.3 Å². The van der Waals surface area contributed by atoms with E-state index in [1.165, 1.54) is 25.5 Å². The van der Waals surface area contributed by atoms with Crippen molar-refractivity contribution >= 4 is 28.6 Å². The molecule has 0 saturated carbocycles. The first kappa shape index (κ1) is 23.7. The number of nitrogens with zero attached hydrogens (tertiary/aromatic N) is 5. The fourth-order valence-corrected chi connectivity index (χ4v) is 3.51. The van der Waals surface area contributed by atoms with Crippen molar-refractivity contribution in [3.63, 3.8) is 0 Å². The number of rotatable bonds is 5. The van der Waals surface area contributed by atoms with Gasteiger partial charge in [-0.1, -0.05) is 12.1 Å². The summed E-state index contributed by atoms with van der Waals surface area (Å²) in [4.78, 5) is 20.7. The summed E-state index contributed by atoms with van der Waals surface area (Å²) < 4.78 is 60.0. The molecule has 5 aromatic rings. The van der Waals surface area contributed by atoms with Gasteiger partial charge in [0.15, 0.2) is 22.9 Å². The highest BCUT2D eigenvalue weighted by Gasteiger charge is 2.34. The molecule has 3 aromatic heterocycles. The fourth-order valence-electron chi connectivity index (χ4n) is 3.51. The Bertz CT molecular complexity index is 1610. The first-order valence-electron chi connectivity index (χ1n) is 10.6. The number of nitrogens with one attached hydrogen (secondary N) is 3. The first-order valence-corrected chi connectivity index (χ1v) is 10.6. The summed E-state index contributed by atoms with van der Waals surface area (Å²) in [7, 11) is 1.24. The average molecular weight is 512 g/mol. The Labute approximate surface area is 205 Å². The molecule has 0 bridgehead atoms. The molecule has 37 heavy (non-hydrogen) atoms. The van der Waals surface area contributed by atoms with Crippen LogP contribution in [0.3, 0.4) is 0 Å². The Balaban J connectivity index is 1.33. The maximum absolute atomic E-state index is 14.9. The minimum absolute atomic E-state index is 0.0461. The second-order valence-corrected chi connectivity index (χ2v) is 7.71. The summed E-state index contributed by atoms with van der Waals surface area (Å²) in [5.41, 5.74) is 0.527. The predicted octanol–water partition coefficient (Wildman–Crippen LogP) is 5.35. The van der Waals surface area contributed by atoms with Crippen molar-refractivity contribution in [1.29, 1.82) is 0 Å². The van der Waals surface area contributed by atoms with Crippen LogP contribution in [0.2, 0.25) is 0 Å². The number of ether oxygens (including phenoxy) is 1. The number of amides is 2. The topological polar surface area (TPSA) is 123 Å². The largest absolute Gasteiger partial charge is 0.454 e. The highest BCUT2D eigenvalue weighted by molar-refractivity contribution is 5.99. The molecular formula is C23H16F4N8O2. The molecule has 2 amide bonds. The Morgan fingerprint density at radius 2 is 1.86 bits per heavy atom. The predicted molar refractivity (Wildman–Crippen MR) is 124 cm³/mol. The van der Waals surface area contributed by atoms with Crippen LogP contribution in [-0.4, -0.2) is 36.0 Å². The van der Waals surface area contributed by atoms with Gasteiger partial charge >= 0.3 is 12.2 Å². The summed E-state index contributed by atoms with van der Waals surface area (Å²) in [6.07, 6.45) is -1.72. The molecule has 0 radical (unpaired) electrons. The second kappa shape index (κ2) is 9.22. The number of aromatic amines is 1. The number of carbonyl (C=O) groups is 1. The van der Waals surface area contributed by atoms with Crippen molar-refractivity contribution in [1.82, 2.24) is 29.9 Å². The molecule has 14 heteroatoms. The zero-order valence-corrected chi connectivity index (χ0v) is 18.8. The van der Waals surface area contributed by atoms with E-state index in [2.05, 4.69) is 35.9 Å². The standard InChI is InChI=1S/C23H16F4N8O2/c1-35-19(9-18(34-35)23(25,26)27)32-22(36)31-12-6-7-17(15(24)8-12)37-16-5-3-2-4-13(16)20-14-10-30-33-21(14)29-11-28-20/h2-11H,1H3,(H2,31,32,36)(H,28,29,30,33). The molecule has 0 spiro atoms. The van der Waals surface area contributed by atoms with Crippen LogP contribution in [0.1, 0.15) is 5.69 Å². The van der Waals surface area contributed by atoms with E-state index >= 15 is 0 Å². The van der Waals surface area contributed by atoms with Gasteiger partial charge in [-0.15, -0.1) is 0 Å². The van der Waals surface area contributed by atoms with E-state index in [0.29, 0.717) is 34.1 Å². The first-order chi connectivity index (χ1) is 17.7. The smallest absolute Gasteiger partial charge is 0.435 e. The van der Waals surface area contributed by atoms with Crippen molar-refractivity contribution in [2.24, 2.45) is 7.05 Å². The van der Waals surface area contributed by atoms with Gasteiger partial charge < -0.3 is 10.1 Å². The van der Waals surface area contributed by atoms with Gasteiger partial charge in [-0.25, -0.2) is 19.2 Å². The molecule has 0 atom stereocenters. The third-order valence-electron chi connectivity index (χ3n) is 5.21.